The highest BCUT2D eigenvalue weighted by Gasteiger charge is 2.09. The molecule has 24 heavy (non-hydrogen) atoms. The van der Waals surface area contributed by atoms with Crippen molar-refractivity contribution in [2.45, 2.75) is 10.9 Å². The molecule has 0 aliphatic heterocycles. The Morgan fingerprint density at radius 3 is 3.04 bits per heavy atom. The number of thiophene rings is 1. The minimum atomic E-state index is -0.160. The molecular formula is C15H10ClN5OS2. The number of hydrogen-bond donors (Lipinski definition) is 1. The number of nitrogens with zero attached hydrogens (tertiary/aromatic N) is 4. The fraction of sp³-hybridized carbons (Fsp3) is 0.0667. The largest absolute Gasteiger partial charge is 0.269 e. The Morgan fingerprint density at radius 1 is 1.29 bits per heavy atom. The van der Waals surface area contributed by atoms with Crippen LogP contribution in [-0.4, -0.2) is 24.6 Å². The first kappa shape index (κ1) is 15.4. The molecule has 9 heteroatoms. The van der Waals surface area contributed by atoms with Gasteiger partial charge in [-0.3, -0.25) is 14.3 Å². The highest BCUT2D eigenvalue weighted by atomic mass is 35.5. The zero-order chi connectivity index (χ0) is 16.5. The number of pyridine rings is 1. The minimum Gasteiger partial charge on any atom is -0.269 e. The molecule has 0 aromatic carbocycles. The SMILES string of the molecule is O=c1cc(CSc2n[nH]c(-c3cccs3)n2)nc2ccc(Cl)cn12. The summed E-state index contributed by atoms with van der Waals surface area (Å²) in [7, 11) is 0. The van der Waals surface area contributed by atoms with E-state index in [1.165, 1.54) is 22.2 Å². The Morgan fingerprint density at radius 2 is 2.21 bits per heavy atom. The molecule has 6 nitrogen and oxygen atoms in total. The summed E-state index contributed by atoms with van der Waals surface area (Å²) in [5.74, 6) is 1.25. The second-order valence-corrected chi connectivity index (χ2v) is 7.22. The van der Waals surface area contributed by atoms with Crippen molar-refractivity contribution in [2.75, 3.05) is 0 Å². The number of aromatic nitrogens is 5. The molecule has 0 unspecified atom stereocenters. The number of nitrogens with one attached hydrogen (secondary N) is 1. The van der Waals surface area contributed by atoms with Crippen LogP contribution in [0.1, 0.15) is 5.69 Å². The molecule has 0 aliphatic rings. The number of aromatic amines is 1. The van der Waals surface area contributed by atoms with Crippen LogP contribution in [0.15, 0.2) is 51.9 Å². The summed E-state index contributed by atoms with van der Waals surface area (Å²) in [6.07, 6.45) is 1.56. The summed E-state index contributed by atoms with van der Waals surface area (Å²) in [5, 5.41) is 10.2. The molecule has 0 aliphatic carbocycles. The standard InChI is InChI=1S/C15H10ClN5OS2/c16-9-3-4-12-17-10(6-13(22)21(12)7-9)8-24-15-18-14(19-20-15)11-2-1-5-23-11/h1-7H,8H2,(H,18,19,20). The quantitative estimate of drug-likeness (QED) is 0.552. The van der Waals surface area contributed by atoms with E-state index in [1.807, 2.05) is 17.5 Å². The third-order valence-corrected chi connectivity index (χ3v) is 5.23. The average Bonchev–Trinajstić information content (AvgIpc) is 3.25. The van der Waals surface area contributed by atoms with Crippen LogP contribution in [0, 0.1) is 0 Å². The van der Waals surface area contributed by atoms with Crippen LogP contribution < -0.4 is 5.56 Å². The zero-order valence-electron chi connectivity index (χ0n) is 12.1. The van der Waals surface area contributed by atoms with E-state index in [-0.39, 0.29) is 5.56 Å². The predicted octanol–water partition coefficient (Wildman–Crippen LogP) is 3.49. The average molecular weight is 376 g/mol. The molecule has 0 spiro atoms. The summed E-state index contributed by atoms with van der Waals surface area (Å²) in [6.45, 7) is 0. The van der Waals surface area contributed by atoms with Gasteiger partial charge in [-0.2, -0.15) is 0 Å². The number of rotatable bonds is 4. The molecule has 0 saturated heterocycles. The molecule has 0 saturated carbocycles. The van der Waals surface area contributed by atoms with Gasteiger partial charge in [0.15, 0.2) is 5.82 Å². The van der Waals surface area contributed by atoms with E-state index < -0.39 is 0 Å². The summed E-state index contributed by atoms with van der Waals surface area (Å²) in [4.78, 5) is 22.1. The van der Waals surface area contributed by atoms with Gasteiger partial charge in [0.1, 0.15) is 5.65 Å². The van der Waals surface area contributed by atoms with E-state index in [2.05, 4.69) is 20.2 Å². The summed E-state index contributed by atoms with van der Waals surface area (Å²) < 4.78 is 1.43. The second kappa shape index (κ2) is 6.39. The molecule has 120 valence electrons. The molecule has 4 aromatic rings. The van der Waals surface area contributed by atoms with Crippen molar-refractivity contribution in [3.8, 4) is 10.7 Å². The number of fused-ring (bicyclic) bond motifs is 1. The zero-order valence-corrected chi connectivity index (χ0v) is 14.5. The molecule has 0 bridgehead atoms. The van der Waals surface area contributed by atoms with E-state index in [0.717, 1.165) is 10.7 Å². The molecule has 1 N–H and O–H groups in total. The fourth-order valence-electron chi connectivity index (χ4n) is 2.17. The van der Waals surface area contributed by atoms with Crippen LogP contribution in [-0.2, 0) is 5.75 Å². The van der Waals surface area contributed by atoms with Crippen LogP contribution in [0.3, 0.4) is 0 Å². The van der Waals surface area contributed by atoms with Crippen molar-refractivity contribution in [1.82, 2.24) is 24.6 Å². The Hall–Kier alpha value is -2.16. The van der Waals surface area contributed by atoms with Crippen molar-refractivity contribution >= 4 is 40.3 Å². The van der Waals surface area contributed by atoms with Crippen LogP contribution in [0.5, 0.6) is 0 Å². The van der Waals surface area contributed by atoms with E-state index in [1.54, 1.807) is 29.7 Å². The van der Waals surface area contributed by atoms with Gasteiger partial charge >= 0.3 is 0 Å². The Labute approximate surface area is 149 Å². The van der Waals surface area contributed by atoms with Crippen molar-refractivity contribution in [3.05, 3.63) is 63.0 Å². The molecule has 4 rings (SSSR count). The summed E-state index contributed by atoms with van der Waals surface area (Å²) in [6, 6.07) is 8.89. The van der Waals surface area contributed by atoms with Crippen LogP contribution in [0.2, 0.25) is 5.02 Å². The monoisotopic (exact) mass is 375 g/mol. The van der Waals surface area contributed by atoms with Gasteiger partial charge in [-0.1, -0.05) is 29.4 Å². The predicted molar refractivity (Wildman–Crippen MR) is 95.7 cm³/mol. The lowest BCUT2D eigenvalue weighted by molar-refractivity contribution is 0.968. The lowest BCUT2D eigenvalue weighted by atomic mass is 10.4. The van der Waals surface area contributed by atoms with Gasteiger partial charge in [-0.15, -0.1) is 16.4 Å². The number of thioether (sulfide) groups is 1. The molecule has 0 atom stereocenters. The second-order valence-electron chi connectivity index (χ2n) is 4.89. The van der Waals surface area contributed by atoms with Gasteiger partial charge in [0.2, 0.25) is 5.16 Å². The van der Waals surface area contributed by atoms with Gasteiger partial charge in [0.05, 0.1) is 15.6 Å². The van der Waals surface area contributed by atoms with Crippen molar-refractivity contribution in [2.24, 2.45) is 0 Å². The van der Waals surface area contributed by atoms with E-state index in [0.29, 0.717) is 27.3 Å². The van der Waals surface area contributed by atoms with E-state index >= 15 is 0 Å². The van der Waals surface area contributed by atoms with Gasteiger partial charge in [-0.25, -0.2) is 9.97 Å². The van der Waals surface area contributed by atoms with Crippen LogP contribution in [0.4, 0.5) is 0 Å². The van der Waals surface area contributed by atoms with E-state index in [9.17, 15) is 4.79 Å². The first-order chi connectivity index (χ1) is 11.7. The maximum absolute atomic E-state index is 12.1. The smallest absolute Gasteiger partial charge is 0.258 e. The Balaban J connectivity index is 1.55. The van der Waals surface area contributed by atoms with Gasteiger partial charge in [-0.05, 0) is 23.6 Å². The highest BCUT2D eigenvalue weighted by molar-refractivity contribution is 7.98. The van der Waals surface area contributed by atoms with Gasteiger partial charge in [0.25, 0.3) is 5.56 Å². The molecule has 4 aromatic heterocycles. The first-order valence-electron chi connectivity index (χ1n) is 6.96. The highest BCUT2D eigenvalue weighted by Crippen LogP contribution is 2.24. The summed E-state index contributed by atoms with van der Waals surface area (Å²) in [5.41, 5.74) is 1.08. The normalized spacial score (nSPS) is 11.2. The topological polar surface area (TPSA) is 75.9 Å². The van der Waals surface area contributed by atoms with E-state index in [4.69, 9.17) is 11.6 Å². The van der Waals surface area contributed by atoms with Gasteiger partial charge < -0.3 is 0 Å². The van der Waals surface area contributed by atoms with Crippen molar-refractivity contribution in [1.29, 1.82) is 0 Å². The third kappa shape index (κ3) is 3.08. The number of H-pyrrole nitrogens is 1. The maximum Gasteiger partial charge on any atom is 0.258 e. The van der Waals surface area contributed by atoms with Crippen LogP contribution in [0.25, 0.3) is 16.3 Å². The van der Waals surface area contributed by atoms with Crippen LogP contribution >= 0.6 is 34.7 Å². The maximum atomic E-state index is 12.1. The van der Waals surface area contributed by atoms with Gasteiger partial charge in [0, 0.05) is 18.0 Å². The molecule has 0 amide bonds. The third-order valence-electron chi connectivity index (χ3n) is 3.25. The molecular weight excluding hydrogens is 366 g/mol. The molecule has 0 radical (unpaired) electrons. The fourth-order valence-corrected chi connectivity index (χ4v) is 3.69. The lowest BCUT2D eigenvalue weighted by Gasteiger charge is -2.03. The van der Waals surface area contributed by atoms with Crippen molar-refractivity contribution < 1.29 is 0 Å². The molecule has 0 fully saturated rings. The lowest BCUT2D eigenvalue weighted by Crippen LogP contribution is -2.15. The van der Waals surface area contributed by atoms with Crippen molar-refractivity contribution in [3.63, 3.8) is 0 Å². The number of hydrogen-bond acceptors (Lipinski definition) is 6. The minimum absolute atomic E-state index is 0.160. The Bertz CT molecular complexity index is 1060. The number of halogens is 1. The Kier molecular flexibility index (Phi) is 4.09. The molecule has 4 heterocycles. The first-order valence-corrected chi connectivity index (χ1v) is 9.20. The summed E-state index contributed by atoms with van der Waals surface area (Å²) >= 11 is 8.93.